The zero-order valence-electron chi connectivity index (χ0n) is 13.5. The summed E-state index contributed by atoms with van der Waals surface area (Å²) in [6, 6.07) is 7.10. The van der Waals surface area contributed by atoms with Crippen LogP contribution in [-0.4, -0.2) is 19.0 Å². The van der Waals surface area contributed by atoms with Crippen molar-refractivity contribution < 1.29 is 14.3 Å². The van der Waals surface area contributed by atoms with Crippen LogP contribution >= 0.6 is 0 Å². The molecule has 1 N–H and O–H groups in total. The predicted molar refractivity (Wildman–Crippen MR) is 87.0 cm³/mol. The summed E-state index contributed by atoms with van der Waals surface area (Å²) >= 11 is 0. The molecule has 0 atom stereocenters. The zero-order chi connectivity index (χ0) is 16.0. The molecule has 122 valence electrons. The number of hydrogen-bond donors (Lipinski definition) is 1. The van der Waals surface area contributed by atoms with Crippen LogP contribution in [0.4, 0.5) is 5.69 Å². The minimum absolute atomic E-state index is 0.105. The van der Waals surface area contributed by atoms with Crippen molar-refractivity contribution in [3.8, 4) is 0 Å². The molecule has 0 spiro atoms. The minimum atomic E-state index is -0.411. The molecule has 4 fully saturated rings. The molecular weight excluding hydrogens is 290 g/mol. The van der Waals surface area contributed by atoms with Crippen LogP contribution in [0.5, 0.6) is 0 Å². The molecule has 0 saturated heterocycles. The number of methoxy groups -OCH3 is 1. The number of carbonyl (C=O) groups is 2. The van der Waals surface area contributed by atoms with Crippen molar-refractivity contribution in [1.29, 1.82) is 0 Å². The van der Waals surface area contributed by atoms with Gasteiger partial charge in [-0.25, -0.2) is 4.79 Å². The standard InChI is InChI=1S/C19H23NO3/c1-23-17(21)15-4-2-3-5-16(15)20-18(22)19-9-12-6-13(10-19)8-14(7-12)11-19/h2-5,12-14H,6-11H2,1H3,(H,20,22). The predicted octanol–water partition coefficient (Wildman–Crippen LogP) is 3.63. The lowest BCUT2D eigenvalue weighted by molar-refractivity contribution is -0.140. The normalized spacial score (nSPS) is 34.2. The Hall–Kier alpha value is -1.84. The van der Waals surface area contributed by atoms with Crippen LogP contribution in [0.1, 0.15) is 48.9 Å². The Balaban J connectivity index is 1.58. The van der Waals surface area contributed by atoms with E-state index in [1.807, 2.05) is 6.07 Å². The van der Waals surface area contributed by atoms with E-state index in [-0.39, 0.29) is 11.3 Å². The summed E-state index contributed by atoms with van der Waals surface area (Å²) in [4.78, 5) is 25.0. The van der Waals surface area contributed by atoms with Gasteiger partial charge >= 0.3 is 5.97 Å². The van der Waals surface area contributed by atoms with Gasteiger partial charge in [-0.3, -0.25) is 4.79 Å². The van der Waals surface area contributed by atoms with E-state index in [0.717, 1.165) is 37.0 Å². The smallest absolute Gasteiger partial charge is 0.339 e. The average molecular weight is 313 g/mol. The first-order chi connectivity index (χ1) is 11.1. The second kappa shape index (κ2) is 5.36. The zero-order valence-corrected chi connectivity index (χ0v) is 13.5. The number of amides is 1. The van der Waals surface area contributed by atoms with Gasteiger partial charge in [0, 0.05) is 0 Å². The van der Waals surface area contributed by atoms with Gasteiger partial charge in [0.05, 0.1) is 23.8 Å². The van der Waals surface area contributed by atoms with Gasteiger partial charge in [0.1, 0.15) is 0 Å². The number of esters is 1. The summed E-state index contributed by atoms with van der Waals surface area (Å²) in [5, 5.41) is 3.04. The van der Waals surface area contributed by atoms with Gasteiger partial charge in [-0.15, -0.1) is 0 Å². The second-order valence-electron chi connectivity index (χ2n) is 7.69. The Labute approximate surface area is 136 Å². The first-order valence-corrected chi connectivity index (χ1v) is 8.58. The lowest BCUT2D eigenvalue weighted by atomic mass is 9.49. The molecule has 5 rings (SSSR count). The molecule has 0 radical (unpaired) electrons. The van der Waals surface area contributed by atoms with Gasteiger partial charge in [-0.1, -0.05) is 12.1 Å². The summed E-state index contributed by atoms with van der Waals surface area (Å²) in [6.45, 7) is 0. The van der Waals surface area contributed by atoms with E-state index in [1.54, 1.807) is 18.2 Å². The van der Waals surface area contributed by atoms with Gasteiger partial charge in [0.2, 0.25) is 5.91 Å². The average Bonchev–Trinajstić information content (AvgIpc) is 2.53. The van der Waals surface area contributed by atoms with E-state index in [2.05, 4.69) is 5.32 Å². The van der Waals surface area contributed by atoms with E-state index in [9.17, 15) is 9.59 Å². The van der Waals surface area contributed by atoms with Crippen LogP contribution in [-0.2, 0) is 9.53 Å². The molecule has 0 heterocycles. The number of para-hydroxylation sites is 1. The number of anilines is 1. The molecular formula is C19H23NO3. The van der Waals surface area contributed by atoms with E-state index >= 15 is 0 Å². The molecule has 0 unspecified atom stereocenters. The molecule has 4 heteroatoms. The summed E-state index contributed by atoms with van der Waals surface area (Å²) in [5.41, 5.74) is 0.783. The van der Waals surface area contributed by atoms with Gasteiger partial charge in [-0.05, 0) is 68.4 Å². The van der Waals surface area contributed by atoms with Crippen LogP contribution < -0.4 is 5.32 Å². The number of carbonyl (C=O) groups excluding carboxylic acids is 2. The lowest BCUT2D eigenvalue weighted by Crippen LogP contribution is -2.51. The topological polar surface area (TPSA) is 55.4 Å². The quantitative estimate of drug-likeness (QED) is 0.867. The Kier molecular flexibility index (Phi) is 3.43. The maximum atomic E-state index is 13.1. The maximum Gasteiger partial charge on any atom is 0.339 e. The molecule has 4 bridgehead atoms. The van der Waals surface area contributed by atoms with Crippen molar-refractivity contribution in [3.63, 3.8) is 0 Å². The fourth-order valence-corrected chi connectivity index (χ4v) is 5.52. The van der Waals surface area contributed by atoms with E-state index < -0.39 is 5.97 Å². The lowest BCUT2D eigenvalue weighted by Gasteiger charge is -2.55. The summed E-state index contributed by atoms with van der Waals surface area (Å²) in [5.74, 6) is 1.87. The van der Waals surface area contributed by atoms with E-state index in [4.69, 9.17) is 4.74 Å². The summed E-state index contributed by atoms with van der Waals surface area (Å²) in [7, 11) is 1.36. The highest BCUT2D eigenvalue weighted by Gasteiger charge is 2.54. The second-order valence-corrected chi connectivity index (χ2v) is 7.69. The Morgan fingerprint density at radius 2 is 1.61 bits per heavy atom. The Bertz CT molecular complexity index is 616. The first-order valence-electron chi connectivity index (χ1n) is 8.58. The Morgan fingerprint density at radius 1 is 1.04 bits per heavy atom. The monoisotopic (exact) mass is 313 g/mol. The molecule has 0 aliphatic heterocycles. The number of benzene rings is 1. The van der Waals surface area contributed by atoms with E-state index in [1.165, 1.54) is 26.4 Å². The highest BCUT2D eigenvalue weighted by Crippen LogP contribution is 2.60. The fourth-order valence-electron chi connectivity index (χ4n) is 5.52. The SMILES string of the molecule is COC(=O)c1ccccc1NC(=O)C12CC3CC(CC(C3)C1)C2. The van der Waals surface area contributed by atoms with Crippen LogP contribution in [0.2, 0.25) is 0 Å². The van der Waals surface area contributed by atoms with Crippen molar-refractivity contribution in [2.24, 2.45) is 23.2 Å². The molecule has 23 heavy (non-hydrogen) atoms. The molecule has 4 aliphatic rings. The highest BCUT2D eigenvalue weighted by molar-refractivity contribution is 6.03. The van der Waals surface area contributed by atoms with Crippen LogP contribution in [0.25, 0.3) is 0 Å². The first kappa shape index (κ1) is 14.7. The Morgan fingerprint density at radius 3 is 2.17 bits per heavy atom. The molecule has 4 saturated carbocycles. The highest BCUT2D eigenvalue weighted by atomic mass is 16.5. The van der Waals surface area contributed by atoms with Gasteiger partial charge in [0.25, 0.3) is 0 Å². The van der Waals surface area contributed by atoms with E-state index in [0.29, 0.717) is 11.3 Å². The fraction of sp³-hybridized carbons (Fsp3) is 0.579. The molecule has 4 nitrogen and oxygen atoms in total. The third-order valence-electron chi connectivity index (χ3n) is 6.10. The van der Waals surface area contributed by atoms with Gasteiger partial charge < -0.3 is 10.1 Å². The molecule has 0 aromatic heterocycles. The largest absolute Gasteiger partial charge is 0.465 e. The van der Waals surface area contributed by atoms with Crippen LogP contribution in [0.3, 0.4) is 0 Å². The molecule has 1 aromatic rings. The minimum Gasteiger partial charge on any atom is -0.465 e. The summed E-state index contributed by atoms with van der Waals surface area (Å²) < 4.78 is 4.82. The number of ether oxygens (including phenoxy) is 1. The van der Waals surface area contributed by atoms with Crippen LogP contribution in [0, 0.1) is 23.2 Å². The third kappa shape index (κ3) is 2.44. The van der Waals surface area contributed by atoms with Gasteiger partial charge in [0.15, 0.2) is 0 Å². The molecule has 1 amide bonds. The van der Waals surface area contributed by atoms with Crippen molar-refractivity contribution in [2.75, 3.05) is 12.4 Å². The molecule has 4 aliphatic carbocycles. The van der Waals surface area contributed by atoms with Crippen LogP contribution in [0.15, 0.2) is 24.3 Å². The maximum absolute atomic E-state index is 13.1. The van der Waals surface area contributed by atoms with Gasteiger partial charge in [-0.2, -0.15) is 0 Å². The number of nitrogens with one attached hydrogen (secondary N) is 1. The number of rotatable bonds is 3. The molecule has 1 aromatic carbocycles. The third-order valence-corrected chi connectivity index (χ3v) is 6.10. The number of hydrogen-bond acceptors (Lipinski definition) is 3. The van der Waals surface area contributed by atoms with Crippen molar-refractivity contribution in [1.82, 2.24) is 0 Å². The van der Waals surface area contributed by atoms with Crippen molar-refractivity contribution in [3.05, 3.63) is 29.8 Å². The van der Waals surface area contributed by atoms with Crippen molar-refractivity contribution >= 4 is 17.6 Å². The summed E-state index contributed by atoms with van der Waals surface area (Å²) in [6.07, 6.45) is 6.99. The van der Waals surface area contributed by atoms with Crippen molar-refractivity contribution in [2.45, 2.75) is 38.5 Å².